The number of ether oxygens (including phenoxy) is 1. The number of benzene rings is 1. The number of anilines is 1. The molecule has 2 atom stereocenters. The number of esters is 1. The lowest BCUT2D eigenvalue weighted by molar-refractivity contribution is -0.148. The van der Waals surface area contributed by atoms with Crippen molar-refractivity contribution in [2.75, 3.05) is 18.6 Å². The third-order valence-corrected chi connectivity index (χ3v) is 3.74. The van der Waals surface area contributed by atoms with E-state index in [1.807, 2.05) is 0 Å². The maximum Gasteiger partial charge on any atom is 0.306 e. The first-order valence-corrected chi connectivity index (χ1v) is 6.74. The second-order valence-corrected chi connectivity index (χ2v) is 5.04. The summed E-state index contributed by atoms with van der Waals surface area (Å²) in [4.78, 5) is 25.2. The summed E-state index contributed by atoms with van der Waals surface area (Å²) in [5.74, 6) is -1.69. The minimum absolute atomic E-state index is 0.164. The topological polar surface area (TPSA) is 66.8 Å². The van der Waals surface area contributed by atoms with E-state index in [0.29, 0.717) is 16.3 Å². The molecule has 0 saturated carbocycles. The second-order valence-electron chi connectivity index (χ2n) is 4.63. The zero-order valence-corrected chi connectivity index (χ0v) is 12.1. The molecule has 0 radical (unpaired) electrons. The molecule has 20 heavy (non-hydrogen) atoms. The lowest BCUT2D eigenvalue weighted by Crippen LogP contribution is -2.42. The average Bonchev–Trinajstić information content (AvgIpc) is 2.41. The molecule has 2 rings (SSSR count). The molecule has 5 nitrogen and oxygen atoms in total. The molecule has 0 fully saturated rings. The number of halogens is 1. The Kier molecular flexibility index (Phi) is 4.30. The minimum Gasteiger partial charge on any atom is -0.466 e. The van der Waals surface area contributed by atoms with Crippen LogP contribution in [0.4, 0.5) is 5.69 Å². The molecule has 1 aromatic carbocycles. The average molecular weight is 298 g/mol. The number of hydrogen-bond acceptors (Lipinski definition) is 4. The Bertz CT molecular complexity index is 546. The van der Waals surface area contributed by atoms with Crippen LogP contribution in [0, 0.1) is 5.92 Å². The fourth-order valence-corrected chi connectivity index (χ4v) is 2.69. The third-order valence-electron chi connectivity index (χ3n) is 3.41. The lowest BCUT2D eigenvalue weighted by atomic mass is 9.86. The maximum absolute atomic E-state index is 12.3. The fourth-order valence-electron chi connectivity index (χ4n) is 2.41. The van der Waals surface area contributed by atoms with Gasteiger partial charge in [-0.1, -0.05) is 17.7 Å². The smallest absolute Gasteiger partial charge is 0.306 e. The lowest BCUT2D eigenvalue weighted by Gasteiger charge is -2.35. The highest BCUT2D eigenvalue weighted by atomic mass is 35.5. The molecule has 1 heterocycles. The third kappa shape index (κ3) is 2.51. The number of aliphatic hydroxyl groups is 1. The Morgan fingerprint density at radius 3 is 2.85 bits per heavy atom. The molecule has 1 amide bonds. The van der Waals surface area contributed by atoms with Crippen LogP contribution in [-0.4, -0.2) is 30.6 Å². The van der Waals surface area contributed by atoms with E-state index in [0.717, 1.165) is 0 Å². The number of fused-ring (bicyclic) bond motifs is 1. The summed E-state index contributed by atoms with van der Waals surface area (Å²) in [5.41, 5.74) is 1.04. The van der Waals surface area contributed by atoms with Gasteiger partial charge in [0.15, 0.2) is 0 Å². The van der Waals surface area contributed by atoms with E-state index in [1.54, 1.807) is 32.2 Å². The van der Waals surface area contributed by atoms with Gasteiger partial charge in [-0.05, 0) is 19.1 Å². The number of nitrogens with zero attached hydrogens (tertiary/aromatic N) is 1. The molecular weight excluding hydrogens is 282 g/mol. The zero-order valence-electron chi connectivity index (χ0n) is 11.3. The van der Waals surface area contributed by atoms with Crippen molar-refractivity contribution in [3.63, 3.8) is 0 Å². The number of hydrogen-bond donors (Lipinski definition) is 1. The Hall–Kier alpha value is -1.59. The molecule has 0 saturated heterocycles. The first-order valence-electron chi connectivity index (χ1n) is 6.37. The standard InChI is InChI=1S/C14H16ClNO4/c1-3-20-11(17)7-8-13(18)12-9(15)5-4-6-10(12)16(2)14(8)19/h4-6,8,13,18H,3,7H2,1-2H3. The zero-order chi connectivity index (χ0) is 14.9. The summed E-state index contributed by atoms with van der Waals surface area (Å²) in [6.07, 6.45) is -1.27. The Morgan fingerprint density at radius 2 is 2.20 bits per heavy atom. The minimum atomic E-state index is -1.10. The maximum atomic E-state index is 12.3. The van der Waals surface area contributed by atoms with Gasteiger partial charge in [0.25, 0.3) is 0 Å². The Balaban J connectivity index is 2.36. The van der Waals surface area contributed by atoms with Gasteiger partial charge < -0.3 is 14.7 Å². The van der Waals surface area contributed by atoms with Crippen molar-refractivity contribution in [3.8, 4) is 0 Å². The highest BCUT2D eigenvalue weighted by molar-refractivity contribution is 6.32. The SMILES string of the molecule is CCOC(=O)CC1C(=O)N(C)c2cccc(Cl)c2C1O. The van der Waals surface area contributed by atoms with Gasteiger partial charge in [0, 0.05) is 17.6 Å². The van der Waals surface area contributed by atoms with Crippen molar-refractivity contribution >= 4 is 29.2 Å². The van der Waals surface area contributed by atoms with Crippen LogP contribution < -0.4 is 4.90 Å². The van der Waals surface area contributed by atoms with Crippen LogP contribution in [0.15, 0.2) is 18.2 Å². The largest absolute Gasteiger partial charge is 0.466 e. The summed E-state index contributed by atoms with van der Waals surface area (Å²) < 4.78 is 4.84. The van der Waals surface area contributed by atoms with Gasteiger partial charge in [-0.25, -0.2) is 0 Å². The molecular formula is C14H16ClNO4. The van der Waals surface area contributed by atoms with Crippen molar-refractivity contribution in [2.45, 2.75) is 19.4 Å². The fraction of sp³-hybridized carbons (Fsp3) is 0.429. The first kappa shape index (κ1) is 14.8. The molecule has 0 aliphatic carbocycles. The number of amides is 1. The number of aliphatic hydroxyl groups excluding tert-OH is 1. The molecule has 1 aliphatic heterocycles. The predicted octanol–water partition coefficient (Wildman–Crippen LogP) is 1.92. The van der Waals surface area contributed by atoms with Crippen molar-refractivity contribution in [2.24, 2.45) is 5.92 Å². The summed E-state index contributed by atoms with van der Waals surface area (Å²) in [6.45, 7) is 1.93. The van der Waals surface area contributed by atoms with Crippen LogP contribution in [-0.2, 0) is 14.3 Å². The van der Waals surface area contributed by atoms with E-state index >= 15 is 0 Å². The molecule has 1 aliphatic rings. The summed E-state index contributed by atoms with van der Waals surface area (Å²) in [5, 5.41) is 10.7. The van der Waals surface area contributed by atoms with E-state index in [1.165, 1.54) is 4.90 Å². The van der Waals surface area contributed by atoms with Gasteiger partial charge in [0.1, 0.15) is 0 Å². The monoisotopic (exact) mass is 297 g/mol. The summed E-state index contributed by atoms with van der Waals surface area (Å²) in [7, 11) is 1.60. The number of carbonyl (C=O) groups is 2. The molecule has 1 aromatic rings. The van der Waals surface area contributed by atoms with E-state index in [2.05, 4.69) is 0 Å². The quantitative estimate of drug-likeness (QED) is 0.866. The van der Waals surface area contributed by atoms with Gasteiger partial charge in [-0.3, -0.25) is 9.59 Å². The Labute approximate surface area is 122 Å². The summed E-state index contributed by atoms with van der Waals surface area (Å²) >= 11 is 6.10. The number of carbonyl (C=O) groups excluding carboxylic acids is 2. The van der Waals surface area contributed by atoms with E-state index < -0.39 is 18.0 Å². The molecule has 6 heteroatoms. The molecule has 0 bridgehead atoms. The predicted molar refractivity (Wildman–Crippen MR) is 74.6 cm³/mol. The van der Waals surface area contributed by atoms with Crippen LogP contribution in [0.1, 0.15) is 25.0 Å². The van der Waals surface area contributed by atoms with Crippen molar-refractivity contribution in [1.82, 2.24) is 0 Å². The highest BCUT2D eigenvalue weighted by Gasteiger charge is 2.40. The van der Waals surface area contributed by atoms with Crippen molar-refractivity contribution in [3.05, 3.63) is 28.8 Å². The molecule has 108 valence electrons. The Morgan fingerprint density at radius 1 is 1.50 bits per heavy atom. The van der Waals surface area contributed by atoms with Crippen LogP contribution in [0.25, 0.3) is 0 Å². The highest BCUT2D eigenvalue weighted by Crippen LogP contribution is 2.42. The van der Waals surface area contributed by atoms with Gasteiger partial charge in [-0.15, -0.1) is 0 Å². The van der Waals surface area contributed by atoms with Crippen LogP contribution in [0.2, 0.25) is 5.02 Å². The van der Waals surface area contributed by atoms with Crippen LogP contribution >= 0.6 is 11.6 Å². The molecule has 0 spiro atoms. The molecule has 1 N–H and O–H groups in total. The van der Waals surface area contributed by atoms with Gasteiger partial charge >= 0.3 is 5.97 Å². The molecule has 2 unspecified atom stereocenters. The van der Waals surface area contributed by atoms with Crippen LogP contribution in [0.5, 0.6) is 0 Å². The molecule has 0 aromatic heterocycles. The van der Waals surface area contributed by atoms with Gasteiger partial charge in [0.2, 0.25) is 5.91 Å². The van der Waals surface area contributed by atoms with Gasteiger partial charge in [-0.2, -0.15) is 0 Å². The van der Waals surface area contributed by atoms with E-state index in [4.69, 9.17) is 16.3 Å². The van der Waals surface area contributed by atoms with Crippen molar-refractivity contribution < 1.29 is 19.4 Å². The normalized spacial score (nSPS) is 21.6. The van der Waals surface area contributed by atoms with E-state index in [-0.39, 0.29) is 18.9 Å². The van der Waals surface area contributed by atoms with Crippen LogP contribution in [0.3, 0.4) is 0 Å². The summed E-state index contributed by atoms with van der Waals surface area (Å²) in [6, 6.07) is 5.07. The number of rotatable bonds is 3. The first-order chi connectivity index (χ1) is 9.47. The second kappa shape index (κ2) is 5.81. The van der Waals surface area contributed by atoms with Crippen molar-refractivity contribution in [1.29, 1.82) is 0 Å². The van der Waals surface area contributed by atoms with Gasteiger partial charge in [0.05, 0.1) is 30.7 Å². The van der Waals surface area contributed by atoms with E-state index in [9.17, 15) is 14.7 Å².